The summed E-state index contributed by atoms with van der Waals surface area (Å²) < 4.78 is 63.7. The van der Waals surface area contributed by atoms with E-state index in [4.69, 9.17) is 21.4 Å². The number of carbonyl (C=O) groups is 2. The normalized spacial score (nSPS) is 11.2. The van der Waals surface area contributed by atoms with E-state index in [1.807, 2.05) is 24.3 Å². The third-order valence-corrected chi connectivity index (χ3v) is 6.74. The minimum absolute atomic E-state index is 0.221. The number of esters is 1. The highest BCUT2D eigenvalue weighted by Crippen LogP contribution is 2.37. The fourth-order valence-electron chi connectivity index (χ4n) is 4.41. The molecule has 0 spiro atoms. The van der Waals surface area contributed by atoms with E-state index in [1.54, 1.807) is 26.8 Å². The van der Waals surface area contributed by atoms with Crippen LogP contribution in [-0.2, 0) is 4.74 Å². The topological polar surface area (TPSA) is 167 Å². The summed E-state index contributed by atoms with van der Waals surface area (Å²) in [5, 5.41) is 21.5. The fourth-order valence-corrected chi connectivity index (χ4v) is 4.68. The van der Waals surface area contributed by atoms with Gasteiger partial charge in [-0.15, -0.1) is 0 Å². The highest BCUT2D eigenvalue weighted by Gasteiger charge is 2.34. The molecule has 0 aliphatic rings. The van der Waals surface area contributed by atoms with Crippen LogP contribution in [0.2, 0.25) is 5.02 Å². The summed E-state index contributed by atoms with van der Waals surface area (Å²) in [5.74, 6) is -10.0. The Hall–Kier alpha value is -5.64. The second-order valence-electron chi connectivity index (χ2n) is 11.0. The standard InChI is InChI=1S/C21H17ClF4N4O5.C10H7NO2/c1-5-35-20(32)8-7-29(19-10(24)6-9(23)18(27-19)28-21(2,3)4)15-11(17(8)31)16(30(33)34)14(26)13(25)12(15)22;12-10(13)8-5-7-3-1-2-4-9(7)11-6-8/h6-7H,5H2,1-4H3,(H,27,28);1-6H,(H,12,13). The van der Waals surface area contributed by atoms with Crippen molar-refractivity contribution < 1.29 is 41.9 Å². The van der Waals surface area contributed by atoms with Crippen LogP contribution in [0, 0.1) is 33.4 Å². The first kappa shape index (κ1) is 35.2. The molecule has 0 aliphatic carbocycles. The number of hydrogen-bond donors (Lipinski definition) is 2. The number of rotatable bonds is 6. The predicted molar refractivity (Wildman–Crippen MR) is 167 cm³/mol. The lowest BCUT2D eigenvalue weighted by molar-refractivity contribution is -0.386. The minimum Gasteiger partial charge on any atom is -0.478 e. The molecule has 0 fully saturated rings. The molecule has 3 aromatic heterocycles. The summed E-state index contributed by atoms with van der Waals surface area (Å²) in [7, 11) is 0. The number of aromatic carboxylic acids is 1. The maximum Gasteiger partial charge on any atom is 0.343 e. The fraction of sp³-hybridized carbons (Fsp3) is 0.194. The quantitative estimate of drug-likeness (QED) is 0.0635. The Morgan fingerprint density at radius 1 is 1.10 bits per heavy atom. The van der Waals surface area contributed by atoms with E-state index in [9.17, 15) is 42.1 Å². The number of benzene rings is 2. The van der Waals surface area contributed by atoms with Crippen molar-refractivity contribution in [2.24, 2.45) is 0 Å². The van der Waals surface area contributed by atoms with Crippen LogP contribution in [0.25, 0.3) is 27.6 Å². The molecule has 2 N–H and O–H groups in total. The van der Waals surface area contributed by atoms with Crippen LogP contribution in [0.3, 0.4) is 0 Å². The van der Waals surface area contributed by atoms with E-state index < -0.39 is 89.9 Å². The maximum absolute atomic E-state index is 14.9. The molecule has 3 heterocycles. The summed E-state index contributed by atoms with van der Waals surface area (Å²) >= 11 is 5.90. The number of hydrogen-bond acceptors (Lipinski definition) is 9. The number of carbonyl (C=O) groups excluding carboxylic acids is 1. The Morgan fingerprint density at radius 3 is 2.38 bits per heavy atom. The van der Waals surface area contributed by atoms with E-state index >= 15 is 0 Å². The van der Waals surface area contributed by atoms with Crippen LogP contribution >= 0.6 is 11.6 Å². The molecular formula is C31H24ClF4N5O7. The van der Waals surface area contributed by atoms with E-state index in [0.29, 0.717) is 16.8 Å². The van der Waals surface area contributed by atoms with Gasteiger partial charge in [0.05, 0.1) is 28.1 Å². The number of nitrogens with zero attached hydrogens (tertiary/aromatic N) is 4. The SMILES string of the molecule is CCOC(=O)c1cn(-c2nc(NC(C)(C)C)c(F)cc2F)c2c(Cl)c(F)c(F)c([N+](=O)[O-])c2c1=O.O=C(O)c1cnc2ccccc2c1. The first-order valence-electron chi connectivity index (χ1n) is 13.8. The van der Waals surface area contributed by atoms with Crippen molar-refractivity contribution >= 4 is 56.9 Å². The number of ether oxygens (including phenoxy) is 1. The summed E-state index contributed by atoms with van der Waals surface area (Å²) in [6.45, 7) is 6.10. The van der Waals surface area contributed by atoms with Gasteiger partial charge in [0, 0.05) is 29.4 Å². The summed E-state index contributed by atoms with van der Waals surface area (Å²) in [4.78, 5) is 54.1. The largest absolute Gasteiger partial charge is 0.478 e. The number of nitrogens with one attached hydrogen (secondary N) is 1. The first-order chi connectivity index (χ1) is 22.5. The number of nitro groups is 1. The number of carboxylic acids is 1. The Labute approximate surface area is 272 Å². The lowest BCUT2D eigenvalue weighted by atomic mass is 10.1. The van der Waals surface area contributed by atoms with Crippen molar-refractivity contribution in [2.75, 3.05) is 11.9 Å². The van der Waals surface area contributed by atoms with Crippen LogP contribution < -0.4 is 10.7 Å². The Bertz CT molecular complexity index is 2190. The van der Waals surface area contributed by atoms with E-state index in [0.717, 1.165) is 10.9 Å². The molecule has 5 rings (SSSR count). The van der Waals surface area contributed by atoms with Crippen molar-refractivity contribution in [1.82, 2.24) is 14.5 Å². The third kappa shape index (κ3) is 7.02. The average molecular weight is 690 g/mol. The highest BCUT2D eigenvalue weighted by molar-refractivity contribution is 6.35. The zero-order chi connectivity index (χ0) is 35.7. The minimum atomic E-state index is -2.07. The van der Waals surface area contributed by atoms with Crippen LogP contribution in [0.4, 0.5) is 29.1 Å². The van der Waals surface area contributed by atoms with Crippen LogP contribution in [0.5, 0.6) is 0 Å². The van der Waals surface area contributed by atoms with Gasteiger partial charge in [0.1, 0.15) is 16.0 Å². The van der Waals surface area contributed by atoms with E-state index in [-0.39, 0.29) is 12.2 Å². The van der Waals surface area contributed by atoms with Gasteiger partial charge in [-0.2, -0.15) is 4.39 Å². The number of carboxylic acid groups (broad SMARTS) is 1. The zero-order valence-electron chi connectivity index (χ0n) is 25.4. The average Bonchev–Trinajstić information content (AvgIpc) is 3.01. The van der Waals surface area contributed by atoms with Crippen molar-refractivity contribution in [1.29, 1.82) is 0 Å². The molecule has 0 saturated carbocycles. The first-order valence-corrected chi connectivity index (χ1v) is 14.1. The van der Waals surface area contributed by atoms with Crippen LogP contribution in [0.15, 0.2) is 53.6 Å². The number of pyridine rings is 3. The number of anilines is 1. The molecule has 48 heavy (non-hydrogen) atoms. The molecule has 0 bridgehead atoms. The van der Waals surface area contributed by atoms with Crippen molar-refractivity contribution in [3.05, 3.63) is 109 Å². The Kier molecular flexibility index (Phi) is 9.99. The van der Waals surface area contributed by atoms with E-state index in [2.05, 4.69) is 15.3 Å². The molecule has 17 heteroatoms. The molecule has 5 aromatic rings. The predicted octanol–water partition coefficient (Wildman–Crippen LogP) is 6.82. The van der Waals surface area contributed by atoms with Gasteiger partial charge in [0.25, 0.3) is 0 Å². The van der Waals surface area contributed by atoms with Crippen molar-refractivity contribution in [2.45, 2.75) is 33.2 Å². The molecule has 12 nitrogen and oxygen atoms in total. The number of aromatic nitrogens is 3. The van der Waals surface area contributed by atoms with Gasteiger partial charge in [-0.3, -0.25) is 24.5 Å². The maximum atomic E-state index is 14.9. The number of para-hydroxylation sites is 1. The lowest BCUT2D eigenvalue weighted by Gasteiger charge is -2.23. The second kappa shape index (κ2) is 13.6. The number of halogens is 5. The highest BCUT2D eigenvalue weighted by atomic mass is 35.5. The van der Waals surface area contributed by atoms with Gasteiger partial charge in [-0.25, -0.2) is 27.7 Å². The van der Waals surface area contributed by atoms with Gasteiger partial charge < -0.3 is 15.2 Å². The molecule has 250 valence electrons. The van der Waals surface area contributed by atoms with Gasteiger partial charge >= 0.3 is 17.6 Å². The molecule has 2 aromatic carbocycles. The van der Waals surface area contributed by atoms with Crippen LogP contribution in [0.1, 0.15) is 48.4 Å². The van der Waals surface area contributed by atoms with Gasteiger partial charge in [-0.05, 0) is 39.8 Å². The van der Waals surface area contributed by atoms with Gasteiger partial charge in [0.2, 0.25) is 11.2 Å². The zero-order valence-corrected chi connectivity index (χ0v) is 26.2. The Morgan fingerprint density at radius 2 is 1.77 bits per heavy atom. The Balaban J connectivity index is 0.000000331. The summed E-state index contributed by atoms with van der Waals surface area (Å²) in [6, 6.07) is 9.44. The number of nitro benzene ring substituents is 1. The summed E-state index contributed by atoms with van der Waals surface area (Å²) in [6.07, 6.45) is 2.02. The molecule has 0 aliphatic heterocycles. The van der Waals surface area contributed by atoms with Crippen molar-refractivity contribution in [3.63, 3.8) is 0 Å². The second-order valence-corrected chi connectivity index (χ2v) is 11.3. The summed E-state index contributed by atoms with van der Waals surface area (Å²) in [5.41, 5.74) is -4.54. The van der Waals surface area contributed by atoms with Gasteiger partial charge in [-0.1, -0.05) is 29.8 Å². The van der Waals surface area contributed by atoms with Gasteiger partial charge in [0.15, 0.2) is 29.1 Å². The lowest BCUT2D eigenvalue weighted by Crippen LogP contribution is -2.28. The number of fused-ring (bicyclic) bond motifs is 2. The molecule has 0 amide bonds. The monoisotopic (exact) mass is 689 g/mol. The third-order valence-electron chi connectivity index (χ3n) is 6.39. The molecule has 0 unspecified atom stereocenters. The molecule has 0 saturated heterocycles. The smallest absolute Gasteiger partial charge is 0.343 e. The molecular weight excluding hydrogens is 666 g/mol. The molecule has 0 radical (unpaired) electrons. The molecule has 0 atom stereocenters. The van der Waals surface area contributed by atoms with E-state index in [1.165, 1.54) is 13.1 Å². The van der Waals surface area contributed by atoms with Crippen LogP contribution in [-0.4, -0.2) is 48.6 Å². The van der Waals surface area contributed by atoms with Crippen molar-refractivity contribution in [3.8, 4) is 5.82 Å².